The fourth-order valence-electron chi connectivity index (χ4n) is 2.60. The molecule has 0 saturated heterocycles. The van der Waals surface area contributed by atoms with Crippen LogP contribution in [0.1, 0.15) is 31.4 Å². The Bertz CT molecular complexity index is 585. The maximum atomic E-state index is 11.2. The molecule has 106 valence electrons. The molecule has 0 aromatic heterocycles. The van der Waals surface area contributed by atoms with Gasteiger partial charge < -0.3 is 10.1 Å². The van der Waals surface area contributed by atoms with Crippen molar-refractivity contribution in [3.05, 3.63) is 29.3 Å². The van der Waals surface area contributed by atoms with Crippen molar-refractivity contribution in [2.45, 2.75) is 32.2 Å². The number of amides is 1. The van der Waals surface area contributed by atoms with Crippen LogP contribution in [0.5, 0.6) is 5.75 Å². The average molecular weight is 290 g/mol. The summed E-state index contributed by atoms with van der Waals surface area (Å²) in [5.41, 5.74) is 2.20. The molecule has 3 rings (SSSR count). The van der Waals surface area contributed by atoms with Gasteiger partial charge in [0.25, 0.3) is 0 Å². The molecule has 5 heteroatoms. The molecule has 2 heterocycles. The molecule has 1 atom stereocenters. The second-order valence-electron chi connectivity index (χ2n) is 5.39. The molecule has 1 amide bonds. The van der Waals surface area contributed by atoms with Gasteiger partial charge in [0.1, 0.15) is 5.75 Å². The smallest absolute Gasteiger partial charge is 0.222 e. The molecule has 0 saturated carbocycles. The van der Waals surface area contributed by atoms with Gasteiger partial charge in [-0.1, -0.05) is 17.8 Å². The molecule has 2 aliphatic heterocycles. The predicted molar refractivity (Wildman–Crippen MR) is 81.3 cm³/mol. The molecular formula is C15H18N2O2S. The lowest BCUT2D eigenvalue weighted by Crippen LogP contribution is -2.34. The van der Waals surface area contributed by atoms with Gasteiger partial charge in [-0.25, -0.2) is 0 Å². The van der Waals surface area contributed by atoms with E-state index in [2.05, 4.69) is 24.4 Å². The van der Waals surface area contributed by atoms with Crippen LogP contribution in [0.4, 0.5) is 0 Å². The second kappa shape index (κ2) is 5.13. The van der Waals surface area contributed by atoms with E-state index < -0.39 is 0 Å². The SMILES string of the molecule is CC(=O)NC1=NC(C)(c2ccc3c(c2)CCO3)CCS1. The summed E-state index contributed by atoms with van der Waals surface area (Å²) in [6, 6.07) is 6.33. The highest BCUT2D eigenvalue weighted by Gasteiger charge is 2.31. The lowest BCUT2D eigenvalue weighted by atomic mass is 9.88. The van der Waals surface area contributed by atoms with E-state index >= 15 is 0 Å². The number of hydrogen-bond donors (Lipinski definition) is 1. The number of aliphatic imine (C=N–C) groups is 1. The van der Waals surface area contributed by atoms with Crippen molar-refractivity contribution in [2.75, 3.05) is 12.4 Å². The van der Waals surface area contributed by atoms with Crippen molar-refractivity contribution in [1.29, 1.82) is 0 Å². The normalized spacial score (nSPS) is 24.6. The fourth-order valence-corrected chi connectivity index (χ4v) is 3.78. The summed E-state index contributed by atoms with van der Waals surface area (Å²) in [4.78, 5) is 15.9. The van der Waals surface area contributed by atoms with E-state index in [1.165, 1.54) is 18.1 Å². The first-order valence-electron chi connectivity index (χ1n) is 6.83. The van der Waals surface area contributed by atoms with E-state index in [0.717, 1.165) is 36.1 Å². The van der Waals surface area contributed by atoms with E-state index in [9.17, 15) is 4.79 Å². The molecule has 0 aliphatic carbocycles. The summed E-state index contributed by atoms with van der Waals surface area (Å²) in [5.74, 6) is 1.89. The Morgan fingerprint density at radius 3 is 3.15 bits per heavy atom. The van der Waals surface area contributed by atoms with Crippen LogP contribution in [-0.2, 0) is 16.8 Å². The minimum atomic E-state index is -0.263. The number of hydrogen-bond acceptors (Lipinski definition) is 4. The third-order valence-corrected chi connectivity index (χ3v) is 4.65. The largest absolute Gasteiger partial charge is 0.493 e. The first-order chi connectivity index (χ1) is 9.57. The van der Waals surface area contributed by atoms with Crippen LogP contribution in [0.25, 0.3) is 0 Å². The summed E-state index contributed by atoms with van der Waals surface area (Å²) >= 11 is 1.61. The number of carbonyl (C=O) groups excluding carboxylic acids is 1. The molecule has 20 heavy (non-hydrogen) atoms. The first kappa shape index (κ1) is 13.5. The molecule has 0 radical (unpaired) electrons. The first-order valence-corrected chi connectivity index (χ1v) is 7.82. The highest BCUT2D eigenvalue weighted by atomic mass is 32.2. The van der Waals surface area contributed by atoms with Crippen LogP contribution in [0.3, 0.4) is 0 Å². The third-order valence-electron chi connectivity index (χ3n) is 3.77. The average Bonchev–Trinajstić information content (AvgIpc) is 2.85. The number of rotatable bonds is 1. The molecule has 1 aromatic carbocycles. The Morgan fingerprint density at radius 2 is 2.35 bits per heavy atom. The van der Waals surface area contributed by atoms with Gasteiger partial charge in [0.05, 0.1) is 12.1 Å². The fraction of sp³-hybridized carbons (Fsp3) is 0.467. The second-order valence-corrected chi connectivity index (χ2v) is 6.48. The zero-order valence-electron chi connectivity index (χ0n) is 11.7. The quantitative estimate of drug-likeness (QED) is 0.864. The molecular weight excluding hydrogens is 272 g/mol. The highest BCUT2D eigenvalue weighted by molar-refractivity contribution is 8.13. The van der Waals surface area contributed by atoms with Crippen molar-refractivity contribution in [2.24, 2.45) is 4.99 Å². The Balaban J connectivity index is 1.93. The summed E-state index contributed by atoms with van der Waals surface area (Å²) in [6.45, 7) is 4.42. The van der Waals surface area contributed by atoms with E-state index in [1.807, 2.05) is 6.07 Å². The number of thioether (sulfide) groups is 1. The molecule has 1 N–H and O–H groups in total. The molecule has 0 spiro atoms. The Kier molecular flexibility index (Phi) is 3.46. The summed E-state index contributed by atoms with van der Waals surface area (Å²) < 4.78 is 5.55. The zero-order valence-corrected chi connectivity index (χ0v) is 12.5. The van der Waals surface area contributed by atoms with Crippen LogP contribution >= 0.6 is 11.8 Å². The number of nitrogens with zero attached hydrogens (tertiary/aromatic N) is 1. The van der Waals surface area contributed by atoms with E-state index in [1.54, 1.807) is 11.8 Å². The third kappa shape index (κ3) is 2.54. The number of carbonyl (C=O) groups is 1. The molecule has 4 nitrogen and oxygen atoms in total. The van der Waals surface area contributed by atoms with Gasteiger partial charge in [-0.05, 0) is 36.6 Å². The van der Waals surface area contributed by atoms with Crippen molar-refractivity contribution in [3.8, 4) is 5.75 Å². The van der Waals surface area contributed by atoms with Crippen molar-refractivity contribution < 1.29 is 9.53 Å². The van der Waals surface area contributed by atoms with Gasteiger partial charge in [-0.3, -0.25) is 9.79 Å². The molecule has 0 fully saturated rings. The van der Waals surface area contributed by atoms with Gasteiger partial charge in [0, 0.05) is 19.1 Å². The summed E-state index contributed by atoms with van der Waals surface area (Å²) in [5, 5.41) is 3.53. The molecule has 1 unspecified atom stereocenters. The lowest BCUT2D eigenvalue weighted by Gasteiger charge is -2.31. The zero-order chi connectivity index (χ0) is 14.2. The number of amidine groups is 1. The summed E-state index contributed by atoms with van der Waals surface area (Å²) in [7, 11) is 0. The van der Waals surface area contributed by atoms with Crippen molar-refractivity contribution in [1.82, 2.24) is 5.32 Å². The number of nitrogens with one attached hydrogen (secondary N) is 1. The van der Waals surface area contributed by atoms with Gasteiger partial charge >= 0.3 is 0 Å². The number of ether oxygens (including phenoxy) is 1. The van der Waals surface area contributed by atoms with E-state index in [4.69, 9.17) is 9.73 Å². The van der Waals surface area contributed by atoms with Gasteiger partial charge in [0.2, 0.25) is 5.91 Å². The maximum absolute atomic E-state index is 11.2. The van der Waals surface area contributed by atoms with Crippen LogP contribution in [-0.4, -0.2) is 23.4 Å². The van der Waals surface area contributed by atoms with Crippen molar-refractivity contribution in [3.63, 3.8) is 0 Å². The highest BCUT2D eigenvalue weighted by Crippen LogP contribution is 2.38. The minimum absolute atomic E-state index is 0.0668. The molecule has 0 bridgehead atoms. The topological polar surface area (TPSA) is 50.7 Å². The Labute approximate surface area is 123 Å². The standard InChI is InChI=1S/C15H18N2O2S/c1-10(18)16-14-17-15(2,6-8-20-14)12-3-4-13-11(9-12)5-7-19-13/h3-4,9H,5-8H2,1-2H3,(H,16,17,18). The number of benzene rings is 1. The maximum Gasteiger partial charge on any atom is 0.222 e. The van der Waals surface area contributed by atoms with Crippen LogP contribution in [0.15, 0.2) is 23.2 Å². The number of fused-ring (bicyclic) bond motifs is 1. The van der Waals surface area contributed by atoms with E-state index in [0.29, 0.717) is 0 Å². The van der Waals surface area contributed by atoms with Crippen LogP contribution in [0, 0.1) is 0 Å². The van der Waals surface area contributed by atoms with Crippen LogP contribution < -0.4 is 10.1 Å². The molecule has 2 aliphatic rings. The molecule has 1 aromatic rings. The van der Waals surface area contributed by atoms with Gasteiger partial charge in [0.15, 0.2) is 5.17 Å². The Hall–Kier alpha value is -1.49. The van der Waals surface area contributed by atoms with Crippen molar-refractivity contribution >= 4 is 22.8 Å². The summed E-state index contributed by atoms with van der Waals surface area (Å²) in [6.07, 6.45) is 1.94. The van der Waals surface area contributed by atoms with Gasteiger partial charge in [-0.15, -0.1) is 0 Å². The monoisotopic (exact) mass is 290 g/mol. The van der Waals surface area contributed by atoms with Crippen LogP contribution in [0.2, 0.25) is 0 Å². The Morgan fingerprint density at radius 1 is 1.50 bits per heavy atom. The van der Waals surface area contributed by atoms with E-state index in [-0.39, 0.29) is 11.4 Å². The predicted octanol–water partition coefficient (Wildman–Crippen LogP) is 2.47. The minimum Gasteiger partial charge on any atom is -0.493 e. The van der Waals surface area contributed by atoms with Gasteiger partial charge in [-0.2, -0.15) is 0 Å². The lowest BCUT2D eigenvalue weighted by molar-refractivity contribution is -0.117.